The molecule has 1 aromatic rings. The summed E-state index contributed by atoms with van der Waals surface area (Å²) in [5.74, 6) is 0.0140. The molecule has 0 saturated heterocycles. The van der Waals surface area contributed by atoms with Gasteiger partial charge in [0.1, 0.15) is 5.75 Å². The minimum Gasteiger partial charge on any atom is -0.410 e. The molecule has 0 aliphatic carbocycles. The van der Waals surface area contributed by atoms with Gasteiger partial charge < -0.3 is 20.3 Å². The van der Waals surface area contributed by atoms with Crippen molar-refractivity contribution < 1.29 is 19.2 Å². The van der Waals surface area contributed by atoms with E-state index in [0.717, 1.165) is 32.2 Å². The summed E-state index contributed by atoms with van der Waals surface area (Å²) in [5.41, 5.74) is 0.425. The average Bonchev–Trinajstić information content (AvgIpc) is 2.96. The van der Waals surface area contributed by atoms with Gasteiger partial charge >= 0.3 is 6.09 Å². The molecule has 0 bridgehead atoms. The van der Waals surface area contributed by atoms with Crippen molar-refractivity contribution in [2.45, 2.75) is 129 Å². The van der Waals surface area contributed by atoms with Crippen molar-refractivity contribution in [3.63, 3.8) is 0 Å². The molecule has 0 aliphatic heterocycles. The van der Waals surface area contributed by atoms with E-state index in [2.05, 4.69) is 22.5 Å². The Morgan fingerprint density at radius 2 is 1.31 bits per heavy atom. The van der Waals surface area contributed by atoms with E-state index in [9.17, 15) is 19.7 Å². The predicted molar refractivity (Wildman–Crippen MR) is 171 cm³/mol. The minimum atomic E-state index is -0.633. The monoisotopic (exact) mass is 590 g/mol. The molecule has 0 fully saturated rings. The summed E-state index contributed by atoms with van der Waals surface area (Å²) < 4.78 is 5.43. The van der Waals surface area contributed by atoms with Gasteiger partial charge in [0, 0.05) is 25.6 Å². The van der Waals surface area contributed by atoms with E-state index in [0.29, 0.717) is 25.1 Å². The second-order valence-electron chi connectivity index (χ2n) is 11.7. The van der Waals surface area contributed by atoms with Crippen molar-refractivity contribution in [3.05, 3.63) is 33.9 Å². The van der Waals surface area contributed by atoms with Crippen LogP contribution >= 0.6 is 0 Å². The number of amides is 2. The highest BCUT2D eigenvalue weighted by atomic mass is 16.6. The first-order chi connectivity index (χ1) is 20.3. The molecule has 1 aromatic carbocycles. The Morgan fingerprint density at radius 3 is 1.83 bits per heavy atom. The van der Waals surface area contributed by atoms with Gasteiger partial charge in [-0.2, -0.15) is 0 Å². The molecule has 0 atom stereocenters. The number of nitro groups is 1. The average molecular weight is 591 g/mol. The van der Waals surface area contributed by atoms with Gasteiger partial charge in [0.2, 0.25) is 5.91 Å². The normalized spacial score (nSPS) is 11.0. The SMILES string of the molecule is CCCCCCCCCCCCCCCCCCNC(=O)Oc1cc([N+](=O)[O-])ccc1CCC(=O)NCCCN(C)C. The van der Waals surface area contributed by atoms with E-state index in [4.69, 9.17) is 4.74 Å². The van der Waals surface area contributed by atoms with Gasteiger partial charge in [0.25, 0.3) is 5.69 Å². The molecule has 0 radical (unpaired) electrons. The maximum atomic E-state index is 12.4. The molecule has 0 spiro atoms. The maximum absolute atomic E-state index is 12.4. The zero-order valence-corrected chi connectivity index (χ0v) is 26.7. The van der Waals surface area contributed by atoms with Crippen molar-refractivity contribution in [1.29, 1.82) is 0 Å². The maximum Gasteiger partial charge on any atom is 0.412 e. The van der Waals surface area contributed by atoms with Crippen LogP contribution in [0.5, 0.6) is 5.75 Å². The zero-order chi connectivity index (χ0) is 30.8. The van der Waals surface area contributed by atoms with Crippen LogP contribution in [0.4, 0.5) is 10.5 Å². The fourth-order valence-corrected chi connectivity index (χ4v) is 4.92. The molecule has 9 nitrogen and oxygen atoms in total. The third kappa shape index (κ3) is 20.2. The van der Waals surface area contributed by atoms with Crippen LogP contribution in [0.3, 0.4) is 0 Å². The van der Waals surface area contributed by atoms with E-state index in [1.165, 1.54) is 95.6 Å². The van der Waals surface area contributed by atoms with Crippen molar-refractivity contribution in [2.75, 3.05) is 33.7 Å². The first kappa shape index (κ1) is 37.3. The van der Waals surface area contributed by atoms with E-state index in [1.807, 2.05) is 14.1 Å². The number of non-ortho nitro benzene ring substituents is 1. The van der Waals surface area contributed by atoms with Gasteiger partial charge in [-0.15, -0.1) is 0 Å². The molecule has 0 unspecified atom stereocenters. The van der Waals surface area contributed by atoms with Gasteiger partial charge in [0.05, 0.1) is 11.0 Å². The third-order valence-corrected chi connectivity index (χ3v) is 7.49. The number of rotatable bonds is 26. The topological polar surface area (TPSA) is 114 Å². The van der Waals surface area contributed by atoms with Crippen LogP contribution in [-0.2, 0) is 11.2 Å². The number of carbonyl (C=O) groups excluding carboxylic acids is 2. The smallest absolute Gasteiger partial charge is 0.410 e. The molecular formula is C33H58N4O5. The van der Waals surface area contributed by atoms with Gasteiger partial charge in [-0.3, -0.25) is 14.9 Å². The fourth-order valence-electron chi connectivity index (χ4n) is 4.92. The van der Waals surface area contributed by atoms with E-state index in [-0.39, 0.29) is 23.8 Å². The summed E-state index contributed by atoms with van der Waals surface area (Å²) in [6.07, 6.45) is 21.4. The molecule has 240 valence electrons. The molecule has 0 aromatic heterocycles. The summed E-state index contributed by atoms with van der Waals surface area (Å²) >= 11 is 0. The number of ether oxygens (including phenoxy) is 1. The Hall–Kier alpha value is -2.68. The number of nitro benzene ring substituents is 1. The molecule has 0 aliphatic rings. The third-order valence-electron chi connectivity index (χ3n) is 7.49. The quantitative estimate of drug-likeness (QED) is 0.0643. The number of hydrogen-bond acceptors (Lipinski definition) is 6. The van der Waals surface area contributed by atoms with Crippen molar-refractivity contribution in [3.8, 4) is 5.75 Å². The van der Waals surface area contributed by atoms with Crippen LogP contribution < -0.4 is 15.4 Å². The minimum absolute atomic E-state index is 0.106. The van der Waals surface area contributed by atoms with Crippen LogP contribution in [0.25, 0.3) is 0 Å². The number of benzene rings is 1. The van der Waals surface area contributed by atoms with Gasteiger partial charge in [0.15, 0.2) is 0 Å². The van der Waals surface area contributed by atoms with Gasteiger partial charge in [-0.05, 0) is 51.5 Å². The molecule has 9 heteroatoms. The van der Waals surface area contributed by atoms with Gasteiger partial charge in [-0.25, -0.2) is 4.79 Å². The van der Waals surface area contributed by atoms with Crippen LogP contribution in [0.15, 0.2) is 18.2 Å². The largest absolute Gasteiger partial charge is 0.412 e. The van der Waals surface area contributed by atoms with Gasteiger partial charge in [-0.1, -0.05) is 103 Å². The number of unbranched alkanes of at least 4 members (excludes halogenated alkanes) is 15. The van der Waals surface area contributed by atoms with Crippen molar-refractivity contribution in [2.24, 2.45) is 0 Å². The number of aryl methyl sites for hydroxylation is 1. The summed E-state index contributed by atoms with van der Waals surface area (Å²) in [5, 5.41) is 16.9. The van der Waals surface area contributed by atoms with Crippen molar-refractivity contribution in [1.82, 2.24) is 15.5 Å². The van der Waals surface area contributed by atoms with Crippen LogP contribution in [0.2, 0.25) is 0 Å². The zero-order valence-electron chi connectivity index (χ0n) is 26.7. The summed E-state index contributed by atoms with van der Waals surface area (Å²) in [4.78, 5) is 37.4. The Morgan fingerprint density at radius 1 is 0.786 bits per heavy atom. The van der Waals surface area contributed by atoms with E-state index >= 15 is 0 Å². The molecule has 42 heavy (non-hydrogen) atoms. The first-order valence-electron chi connectivity index (χ1n) is 16.5. The fraction of sp³-hybridized carbons (Fsp3) is 0.758. The standard InChI is InChI=1S/C33H58N4O5/c1-4-5-6-7-8-9-10-11-12-13-14-15-16-17-18-19-25-35-33(39)42-31-28-30(37(40)41)23-21-29(31)22-24-32(38)34-26-20-27-36(2)3/h21,23,28H,4-20,22,24-27H2,1-3H3,(H,34,38)(H,35,39). The lowest BCUT2D eigenvalue weighted by Crippen LogP contribution is -2.28. The van der Waals surface area contributed by atoms with E-state index in [1.54, 1.807) is 6.07 Å². The molecule has 2 N–H and O–H groups in total. The van der Waals surface area contributed by atoms with Crippen LogP contribution in [0, 0.1) is 10.1 Å². The Kier molecular flexibility index (Phi) is 22.1. The molecule has 0 saturated carbocycles. The second kappa shape index (κ2) is 24.9. The summed E-state index contributed by atoms with van der Waals surface area (Å²) in [6.45, 7) is 4.23. The number of nitrogens with one attached hydrogen (secondary N) is 2. The highest BCUT2D eigenvalue weighted by Gasteiger charge is 2.16. The number of carbonyl (C=O) groups is 2. The lowest BCUT2D eigenvalue weighted by atomic mass is 10.0. The summed E-state index contributed by atoms with van der Waals surface area (Å²) in [6, 6.07) is 4.17. The Bertz CT molecular complexity index is 878. The first-order valence-corrected chi connectivity index (χ1v) is 16.5. The second-order valence-corrected chi connectivity index (χ2v) is 11.7. The molecule has 0 heterocycles. The number of nitrogens with zero attached hydrogens (tertiary/aromatic N) is 2. The summed E-state index contributed by atoms with van der Waals surface area (Å²) in [7, 11) is 3.96. The lowest BCUT2D eigenvalue weighted by molar-refractivity contribution is -0.384. The number of hydrogen-bond donors (Lipinski definition) is 2. The van der Waals surface area contributed by atoms with Crippen LogP contribution in [0.1, 0.15) is 128 Å². The Labute approximate surface area is 254 Å². The lowest BCUT2D eigenvalue weighted by Gasteiger charge is -2.12. The molecular weight excluding hydrogens is 532 g/mol. The molecule has 1 rings (SSSR count). The highest BCUT2D eigenvalue weighted by molar-refractivity contribution is 5.76. The van der Waals surface area contributed by atoms with Crippen molar-refractivity contribution >= 4 is 17.7 Å². The Balaban J connectivity index is 2.20. The van der Waals surface area contributed by atoms with E-state index < -0.39 is 11.0 Å². The highest BCUT2D eigenvalue weighted by Crippen LogP contribution is 2.26. The van der Waals surface area contributed by atoms with Crippen LogP contribution in [-0.4, -0.2) is 55.6 Å². The molecule has 2 amide bonds. The predicted octanol–water partition coefficient (Wildman–Crippen LogP) is 7.95.